The van der Waals surface area contributed by atoms with E-state index in [1.165, 1.54) is 18.2 Å². The molecule has 0 aliphatic carbocycles. The van der Waals surface area contributed by atoms with E-state index in [1.54, 1.807) is 0 Å². The van der Waals surface area contributed by atoms with E-state index >= 15 is 0 Å². The van der Waals surface area contributed by atoms with Crippen LogP contribution in [0.3, 0.4) is 0 Å². The molecule has 0 radical (unpaired) electrons. The van der Waals surface area contributed by atoms with Crippen molar-refractivity contribution in [3.05, 3.63) is 58.6 Å². The van der Waals surface area contributed by atoms with Gasteiger partial charge in [-0.2, -0.15) is 16.8 Å². The van der Waals surface area contributed by atoms with E-state index in [0.29, 0.717) is 11.5 Å². The van der Waals surface area contributed by atoms with Gasteiger partial charge in [-0.1, -0.05) is 12.1 Å². The molecule has 0 saturated carbocycles. The second-order valence-electron chi connectivity index (χ2n) is 6.97. The Morgan fingerprint density at radius 3 is 2.14 bits per heavy atom. The van der Waals surface area contributed by atoms with Crippen LogP contribution < -0.4 is 0 Å². The second kappa shape index (κ2) is 9.84. The molecular weight excluding hydrogens is 546 g/mol. The van der Waals surface area contributed by atoms with Crippen LogP contribution in [0.25, 0.3) is 10.8 Å². The Hall–Kier alpha value is -3.55. The van der Waals surface area contributed by atoms with Gasteiger partial charge in [-0.05, 0) is 35.7 Å². The number of nitro groups is 1. The summed E-state index contributed by atoms with van der Waals surface area (Å²) in [7, 11) is -13.8. The molecule has 0 atom stereocenters. The number of hydrogen-bond acceptors (Lipinski definition) is 12. The molecule has 3 N–H and O–H groups in total. The van der Waals surface area contributed by atoms with Crippen molar-refractivity contribution < 1.29 is 48.6 Å². The molecule has 0 spiro atoms. The molecule has 15 nitrogen and oxygen atoms in total. The summed E-state index contributed by atoms with van der Waals surface area (Å²) >= 11 is 0. The molecule has 0 aliphatic rings. The summed E-state index contributed by atoms with van der Waals surface area (Å²) in [5.74, 6) is -1.40. The number of nitrogens with zero attached hydrogens (tertiary/aromatic N) is 3. The summed E-state index contributed by atoms with van der Waals surface area (Å²) in [6, 6.07) is 8.60. The van der Waals surface area contributed by atoms with Crippen LogP contribution in [-0.4, -0.2) is 56.7 Å². The van der Waals surface area contributed by atoms with Gasteiger partial charge in [-0.15, -0.1) is 10.2 Å². The van der Waals surface area contributed by atoms with Crippen molar-refractivity contribution in [2.24, 2.45) is 10.2 Å². The third-order valence-electron chi connectivity index (χ3n) is 4.59. The molecule has 0 aromatic heterocycles. The molecule has 0 bridgehead atoms. The Balaban J connectivity index is 2.03. The molecule has 18 heteroatoms. The van der Waals surface area contributed by atoms with Crippen molar-refractivity contribution in [3.8, 4) is 5.75 Å². The van der Waals surface area contributed by atoms with Crippen LogP contribution in [0, 0.1) is 10.1 Å². The summed E-state index contributed by atoms with van der Waals surface area (Å²) in [5, 5.41) is 29.6. The number of benzene rings is 3. The lowest BCUT2D eigenvalue weighted by atomic mass is 10.1. The molecular formula is C18H15N3O12S3. The summed E-state index contributed by atoms with van der Waals surface area (Å²) in [5.41, 5.74) is -1.53. The van der Waals surface area contributed by atoms with Crippen molar-refractivity contribution in [1.82, 2.24) is 0 Å². The molecule has 0 saturated heterocycles. The van der Waals surface area contributed by atoms with Crippen LogP contribution in [0.4, 0.5) is 17.1 Å². The third-order valence-corrected chi connectivity index (χ3v) is 7.58. The molecule has 0 aliphatic heterocycles. The van der Waals surface area contributed by atoms with E-state index in [9.17, 15) is 45.0 Å². The van der Waals surface area contributed by atoms with Crippen LogP contribution in [0.5, 0.6) is 5.75 Å². The zero-order chi connectivity index (χ0) is 26.9. The summed E-state index contributed by atoms with van der Waals surface area (Å²) in [6.07, 6.45) is 0. The zero-order valence-corrected chi connectivity index (χ0v) is 20.1. The maximum absolute atomic E-state index is 12.4. The van der Waals surface area contributed by atoms with E-state index in [1.807, 2.05) is 0 Å². The van der Waals surface area contributed by atoms with Crippen LogP contribution >= 0.6 is 0 Å². The largest absolute Gasteiger partial charge is 0.506 e. The van der Waals surface area contributed by atoms with Gasteiger partial charge >= 0.3 is 10.4 Å². The fourth-order valence-corrected chi connectivity index (χ4v) is 4.95. The minimum atomic E-state index is -4.89. The first kappa shape index (κ1) is 27.0. The molecule has 192 valence electrons. The van der Waals surface area contributed by atoms with Crippen molar-refractivity contribution in [2.75, 3.05) is 12.4 Å². The van der Waals surface area contributed by atoms with Gasteiger partial charge in [-0.25, -0.2) is 12.6 Å². The minimum absolute atomic E-state index is 0.0366. The highest BCUT2D eigenvalue weighted by molar-refractivity contribution is 7.91. The number of sulfone groups is 1. The van der Waals surface area contributed by atoms with Gasteiger partial charge in [0.2, 0.25) is 0 Å². The number of rotatable bonds is 9. The topological polar surface area (TPSA) is 240 Å². The van der Waals surface area contributed by atoms with Crippen LogP contribution in [-0.2, 0) is 34.5 Å². The van der Waals surface area contributed by atoms with Gasteiger partial charge in [0.25, 0.3) is 15.8 Å². The summed E-state index contributed by atoms with van der Waals surface area (Å²) in [6.45, 7) is -0.942. The van der Waals surface area contributed by atoms with Gasteiger partial charge in [0.15, 0.2) is 15.5 Å². The van der Waals surface area contributed by atoms with E-state index in [0.717, 1.165) is 24.3 Å². The molecule has 0 amide bonds. The molecule has 0 heterocycles. The number of phenols is 1. The minimum Gasteiger partial charge on any atom is -0.506 e. The Kier molecular flexibility index (Phi) is 7.39. The van der Waals surface area contributed by atoms with E-state index in [-0.39, 0.29) is 11.1 Å². The third kappa shape index (κ3) is 6.36. The number of hydrogen-bond donors (Lipinski definition) is 3. The van der Waals surface area contributed by atoms with Crippen molar-refractivity contribution in [2.45, 2.75) is 9.79 Å². The van der Waals surface area contributed by atoms with Gasteiger partial charge in [0.1, 0.15) is 11.4 Å². The fraction of sp³-hybridized carbons (Fsp3) is 0.111. The highest BCUT2D eigenvalue weighted by Gasteiger charge is 2.23. The predicted molar refractivity (Wildman–Crippen MR) is 122 cm³/mol. The van der Waals surface area contributed by atoms with Crippen molar-refractivity contribution in [1.29, 1.82) is 0 Å². The number of nitro benzene ring substituents is 1. The number of azo groups is 1. The molecule has 3 rings (SSSR count). The van der Waals surface area contributed by atoms with E-state index in [4.69, 9.17) is 4.55 Å². The first-order valence-corrected chi connectivity index (χ1v) is 13.8. The zero-order valence-electron chi connectivity index (χ0n) is 17.6. The highest BCUT2D eigenvalue weighted by Crippen LogP contribution is 2.38. The van der Waals surface area contributed by atoms with Gasteiger partial charge in [-0.3, -0.25) is 19.2 Å². The predicted octanol–water partition coefficient (Wildman–Crippen LogP) is 2.71. The molecule has 36 heavy (non-hydrogen) atoms. The maximum atomic E-state index is 12.4. The Morgan fingerprint density at radius 2 is 1.53 bits per heavy atom. The fourth-order valence-electron chi connectivity index (χ4n) is 2.94. The smallest absolute Gasteiger partial charge is 0.397 e. The lowest BCUT2D eigenvalue weighted by Gasteiger charge is -2.07. The van der Waals surface area contributed by atoms with Gasteiger partial charge < -0.3 is 5.11 Å². The average molecular weight is 562 g/mol. The van der Waals surface area contributed by atoms with Crippen LogP contribution in [0.2, 0.25) is 0 Å². The average Bonchev–Trinajstić information content (AvgIpc) is 2.76. The molecule has 3 aromatic rings. The first-order valence-electron chi connectivity index (χ1n) is 9.36. The molecule has 3 aromatic carbocycles. The SMILES string of the molecule is O=[N+]([O-])c1cc(S(=O)(=O)CCOS(=O)(=O)O)ccc1N=Nc1c(O)ccc2ccc(S(=O)(=O)O)cc12. The Labute approximate surface area is 203 Å². The summed E-state index contributed by atoms with van der Waals surface area (Å²) < 4.78 is 90.5. The van der Waals surface area contributed by atoms with E-state index in [2.05, 4.69) is 14.4 Å². The highest BCUT2D eigenvalue weighted by atomic mass is 32.3. The normalized spacial score (nSPS) is 12.8. The Bertz CT molecular complexity index is 1720. The number of aromatic hydroxyl groups is 1. The molecule has 0 fully saturated rings. The van der Waals surface area contributed by atoms with Crippen LogP contribution in [0.15, 0.2) is 68.6 Å². The lowest BCUT2D eigenvalue weighted by Crippen LogP contribution is -2.15. The van der Waals surface area contributed by atoms with E-state index < -0.39 is 74.6 Å². The molecule has 0 unspecified atom stereocenters. The van der Waals surface area contributed by atoms with Crippen molar-refractivity contribution in [3.63, 3.8) is 0 Å². The maximum Gasteiger partial charge on any atom is 0.397 e. The van der Waals surface area contributed by atoms with Gasteiger partial charge in [0.05, 0.1) is 27.1 Å². The quantitative estimate of drug-likeness (QED) is 0.148. The Morgan fingerprint density at radius 1 is 0.889 bits per heavy atom. The standard InChI is InChI=1S/C18H15N3O12S3/c22-17-6-2-11-1-3-13(35(27,28)29)9-14(11)18(17)20-19-15-5-4-12(10-16(15)21(23)24)34(25,26)8-7-33-36(30,31)32/h1-6,9-10,22H,7-8H2,(H,27,28,29)(H,30,31,32). The number of fused-ring (bicyclic) bond motifs is 1. The lowest BCUT2D eigenvalue weighted by molar-refractivity contribution is -0.384. The van der Waals surface area contributed by atoms with Crippen molar-refractivity contribution >= 4 is 58.2 Å². The monoisotopic (exact) mass is 561 g/mol. The number of phenolic OH excluding ortho intramolecular Hbond substituents is 1. The first-order chi connectivity index (χ1) is 16.6. The second-order valence-corrected chi connectivity index (χ2v) is 11.6. The van der Waals surface area contributed by atoms with Gasteiger partial charge in [0, 0.05) is 11.5 Å². The summed E-state index contributed by atoms with van der Waals surface area (Å²) in [4.78, 5) is 9.49. The van der Waals surface area contributed by atoms with Crippen LogP contribution in [0.1, 0.15) is 0 Å².